The molecule has 0 aliphatic carbocycles. The van der Waals surface area contributed by atoms with Crippen LogP contribution < -0.4 is 9.47 Å². The summed E-state index contributed by atoms with van der Waals surface area (Å²) in [5.74, 6) is 0.359. The fourth-order valence-electron chi connectivity index (χ4n) is 0.904. The van der Waals surface area contributed by atoms with E-state index in [-0.39, 0.29) is 5.75 Å². The average molecular weight is 170 g/mol. The van der Waals surface area contributed by atoms with E-state index in [0.717, 1.165) is 0 Å². The molecule has 1 rings (SSSR count). The Kier molecular flexibility index (Phi) is 2.91. The average Bonchev–Trinajstić information content (AvgIpc) is 2.05. The third-order valence-corrected chi connectivity index (χ3v) is 1.43. The molecule has 0 aliphatic rings. The number of benzene rings is 1. The largest absolute Gasteiger partial charge is 0.494 e. The van der Waals surface area contributed by atoms with E-state index in [9.17, 15) is 4.39 Å². The number of hydrogen-bond donors (Lipinski definition) is 0. The van der Waals surface area contributed by atoms with E-state index in [2.05, 4.69) is 0 Å². The Morgan fingerprint density at radius 3 is 2.67 bits per heavy atom. The van der Waals surface area contributed by atoms with Crippen LogP contribution in [-0.2, 0) is 0 Å². The van der Waals surface area contributed by atoms with Crippen molar-refractivity contribution in [3.8, 4) is 11.5 Å². The summed E-state index contributed by atoms with van der Waals surface area (Å²) >= 11 is 0. The molecule has 0 radical (unpaired) electrons. The van der Waals surface area contributed by atoms with Gasteiger partial charge in [-0.3, -0.25) is 0 Å². The predicted molar refractivity (Wildman–Crippen MR) is 44.1 cm³/mol. The molecule has 0 unspecified atom stereocenters. The second kappa shape index (κ2) is 3.95. The van der Waals surface area contributed by atoms with Crippen molar-refractivity contribution in [1.29, 1.82) is 0 Å². The van der Waals surface area contributed by atoms with Gasteiger partial charge in [-0.05, 0) is 19.1 Å². The molecule has 0 amide bonds. The minimum Gasteiger partial charge on any atom is -0.494 e. The van der Waals surface area contributed by atoms with Crippen LogP contribution in [0.25, 0.3) is 0 Å². The zero-order valence-electron chi connectivity index (χ0n) is 7.13. The van der Waals surface area contributed by atoms with Gasteiger partial charge in [-0.2, -0.15) is 0 Å². The molecule has 0 N–H and O–H groups in total. The SMILES string of the molecule is CCOc1ccc(OC)c(F)c1. The Balaban J connectivity index is 2.86. The fourth-order valence-corrected chi connectivity index (χ4v) is 0.904. The van der Waals surface area contributed by atoms with Crippen LogP contribution in [0.1, 0.15) is 6.92 Å². The lowest BCUT2D eigenvalue weighted by Crippen LogP contribution is -1.93. The summed E-state index contributed by atoms with van der Waals surface area (Å²) in [4.78, 5) is 0. The third kappa shape index (κ3) is 1.87. The van der Waals surface area contributed by atoms with Crippen molar-refractivity contribution < 1.29 is 13.9 Å². The lowest BCUT2D eigenvalue weighted by atomic mass is 10.3. The monoisotopic (exact) mass is 170 g/mol. The minimum absolute atomic E-state index is 0.235. The number of methoxy groups -OCH3 is 1. The molecule has 0 fully saturated rings. The van der Waals surface area contributed by atoms with Crippen LogP contribution in [0.3, 0.4) is 0 Å². The first-order chi connectivity index (χ1) is 5.77. The van der Waals surface area contributed by atoms with Gasteiger partial charge in [-0.1, -0.05) is 0 Å². The zero-order valence-corrected chi connectivity index (χ0v) is 7.13. The number of halogens is 1. The van der Waals surface area contributed by atoms with E-state index >= 15 is 0 Å². The van der Waals surface area contributed by atoms with Gasteiger partial charge in [0.25, 0.3) is 0 Å². The first-order valence-corrected chi connectivity index (χ1v) is 3.74. The van der Waals surface area contributed by atoms with Crippen molar-refractivity contribution in [2.24, 2.45) is 0 Å². The Bertz CT molecular complexity index is 261. The van der Waals surface area contributed by atoms with Crippen molar-refractivity contribution >= 4 is 0 Å². The maximum Gasteiger partial charge on any atom is 0.168 e. The quantitative estimate of drug-likeness (QED) is 0.692. The Morgan fingerprint density at radius 1 is 1.42 bits per heavy atom. The molecule has 3 heteroatoms. The van der Waals surface area contributed by atoms with Gasteiger partial charge in [0.15, 0.2) is 11.6 Å². The maximum atomic E-state index is 13.0. The van der Waals surface area contributed by atoms with Gasteiger partial charge >= 0.3 is 0 Å². The van der Waals surface area contributed by atoms with Gasteiger partial charge in [0.2, 0.25) is 0 Å². The molecular weight excluding hydrogens is 159 g/mol. The first kappa shape index (κ1) is 8.84. The van der Waals surface area contributed by atoms with Crippen LogP contribution >= 0.6 is 0 Å². The lowest BCUT2D eigenvalue weighted by molar-refractivity contribution is 0.334. The molecule has 0 spiro atoms. The van der Waals surface area contributed by atoms with Gasteiger partial charge < -0.3 is 9.47 Å². The molecule has 0 saturated carbocycles. The summed E-state index contributed by atoms with van der Waals surface area (Å²) in [6, 6.07) is 4.52. The molecule has 2 nitrogen and oxygen atoms in total. The molecule has 0 aromatic heterocycles. The van der Waals surface area contributed by atoms with Gasteiger partial charge in [-0.25, -0.2) is 4.39 Å². The standard InChI is InChI=1S/C9H11FO2/c1-3-12-7-4-5-9(11-2)8(10)6-7/h4-6H,3H2,1-2H3. The molecule has 0 bridgehead atoms. The second-order valence-electron chi connectivity index (χ2n) is 2.23. The summed E-state index contributed by atoms with van der Waals surface area (Å²) in [5, 5.41) is 0. The number of rotatable bonds is 3. The van der Waals surface area contributed by atoms with Crippen molar-refractivity contribution in [3.05, 3.63) is 24.0 Å². The number of hydrogen-bond acceptors (Lipinski definition) is 2. The molecule has 12 heavy (non-hydrogen) atoms. The Labute approximate surface area is 70.9 Å². The lowest BCUT2D eigenvalue weighted by Gasteiger charge is -2.05. The summed E-state index contributed by atoms with van der Waals surface area (Å²) in [7, 11) is 1.43. The molecule has 0 heterocycles. The van der Waals surface area contributed by atoms with Crippen molar-refractivity contribution in [1.82, 2.24) is 0 Å². The van der Waals surface area contributed by atoms with Crippen molar-refractivity contribution in [3.63, 3.8) is 0 Å². The normalized spacial score (nSPS) is 9.58. The van der Waals surface area contributed by atoms with Crippen molar-refractivity contribution in [2.75, 3.05) is 13.7 Å². The van der Waals surface area contributed by atoms with Crippen LogP contribution in [0.4, 0.5) is 4.39 Å². The van der Waals surface area contributed by atoms with Crippen molar-refractivity contribution in [2.45, 2.75) is 6.92 Å². The maximum absolute atomic E-state index is 13.0. The van der Waals surface area contributed by atoms with Gasteiger partial charge in [0, 0.05) is 6.07 Å². The van der Waals surface area contributed by atoms with Crippen LogP contribution in [0.2, 0.25) is 0 Å². The van der Waals surface area contributed by atoms with E-state index in [1.807, 2.05) is 6.92 Å². The molecule has 0 aliphatic heterocycles. The predicted octanol–water partition coefficient (Wildman–Crippen LogP) is 2.23. The highest BCUT2D eigenvalue weighted by molar-refractivity contribution is 5.32. The smallest absolute Gasteiger partial charge is 0.168 e. The Hall–Kier alpha value is -1.25. The van der Waals surface area contributed by atoms with Crippen LogP contribution in [-0.4, -0.2) is 13.7 Å². The topological polar surface area (TPSA) is 18.5 Å². The summed E-state index contributed by atoms with van der Waals surface area (Å²) in [5.41, 5.74) is 0. The minimum atomic E-state index is -0.400. The van der Waals surface area contributed by atoms with Gasteiger partial charge in [0.05, 0.1) is 13.7 Å². The zero-order chi connectivity index (χ0) is 8.97. The highest BCUT2D eigenvalue weighted by Gasteiger charge is 2.02. The highest BCUT2D eigenvalue weighted by atomic mass is 19.1. The molecule has 1 aromatic carbocycles. The molecular formula is C9H11FO2. The summed E-state index contributed by atoms with van der Waals surface area (Å²) in [6.07, 6.45) is 0. The van der Waals surface area contributed by atoms with Crippen LogP contribution in [0, 0.1) is 5.82 Å². The molecule has 0 saturated heterocycles. The van der Waals surface area contributed by atoms with E-state index in [1.54, 1.807) is 12.1 Å². The molecule has 0 atom stereocenters. The van der Waals surface area contributed by atoms with E-state index < -0.39 is 5.82 Å². The third-order valence-electron chi connectivity index (χ3n) is 1.43. The summed E-state index contributed by atoms with van der Waals surface area (Å²) < 4.78 is 22.8. The van der Waals surface area contributed by atoms with E-state index in [4.69, 9.17) is 9.47 Å². The highest BCUT2D eigenvalue weighted by Crippen LogP contribution is 2.21. The van der Waals surface area contributed by atoms with Crippen LogP contribution in [0.5, 0.6) is 11.5 Å². The van der Waals surface area contributed by atoms with E-state index in [0.29, 0.717) is 12.4 Å². The summed E-state index contributed by atoms with van der Waals surface area (Å²) in [6.45, 7) is 2.38. The first-order valence-electron chi connectivity index (χ1n) is 3.74. The molecule has 66 valence electrons. The Morgan fingerprint density at radius 2 is 2.17 bits per heavy atom. The second-order valence-corrected chi connectivity index (χ2v) is 2.23. The molecule has 1 aromatic rings. The fraction of sp³-hybridized carbons (Fsp3) is 0.333. The van der Waals surface area contributed by atoms with Gasteiger partial charge in [-0.15, -0.1) is 0 Å². The van der Waals surface area contributed by atoms with Gasteiger partial charge in [0.1, 0.15) is 5.75 Å². The van der Waals surface area contributed by atoms with Crippen LogP contribution in [0.15, 0.2) is 18.2 Å². The van der Waals surface area contributed by atoms with E-state index in [1.165, 1.54) is 13.2 Å². The number of ether oxygens (including phenoxy) is 2.